The maximum absolute atomic E-state index is 12.2. The average molecular weight is 474 g/mol. The minimum atomic E-state index is -3.69. The number of hydrogen-bond acceptors (Lipinski definition) is 3. The third-order valence-corrected chi connectivity index (χ3v) is 5.18. The zero-order valence-electron chi connectivity index (χ0n) is 9.54. The fourth-order valence-corrected chi connectivity index (χ4v) is 5.16. The van der Waals surface area contributed by atoms with Crippen LogP contribution in [0, 0.1) is 6.92 Å². The van der Waals surface area contributed by atoms with E-state index in [1.807, 2.05) is 0 Å². The summed E-state index contributed by atoms with van der Waals surface area (Å²) in [6.45, 7) is 1.69. The molecule has 0 bridgehead atoms. The van der Waals surface area contributed by atoms with Gasteiger partial charge in [-0.15, -0.1) is 0 Å². The molecular weight excluding hydrogens is 466 g/mol. The second kappa shape index (κ2) is 5.55. The Bertz CT molecular complexity index is 704. The van der Waals surface area contributed by atoms with E-state index in [1.54, 1.807) is 19.1 Å². The molecule has 1 heterocycles. The lowest BCUT2D eigenvalue weighted by molar-refractivity contribution is 0.598. The van der Waals surface area contributed by atoms with Crippen LogP contribution >= 0.6 is 47.8 Å². The van der Waals surface area contributed by atoms with Gasteiger partial charge in [0.1, 0.15) is 5.82 Å². The maximum Gasteiger partial charge on any atom is 0.279 e. The number of benzene rings is 1. The molecule has 2 N–H and O–H groups in total. The van der Waals surface area contributed by atoms with E-state index in [4.69, 9.17) is 0 Å². The molecule has 0 atom stereocenters. The van der Waals surface area contributed by atoms with E-state index in [-0.39, 0.29) is 5.03 Å². The smallest absolute Gasteiger partial charge is 0.279 e. The predicted molar refractivity (Wildman–Crippen MR) is 83.7 cm³/mol. The monoisotopic (exact) mass is 471 g/mol. The molecule has 1 aromatic heterocycles. The number of aromatic nitrogens is 2. The van der Waals surface area contributed by atoms with Crippen molar-refractivity contribution in [2.75, 3.05) is 4.72 Å². The van der Waals surface area contributed by atoms with E-state index in [0.717, 1.165) is 4.47 Å². The molecule has 2 rings (SSSR count). The summed E-state index contributed by atoms with van der Waals surface area (Å²) in [5, 5.41) is 0.0201. The summed E-state index contributed by atoms with van der Waals surface area (Å²) in [5.41, 5.74) is 0.426. The van der Waals surface area contributed by atoms with Crippen molar-refractivity contribution >= 4 is 63.5 Å². The van der Waals surface area contributed by atoms with Crippen molar-refractivity contribution in [3.05, 3.63) is 37.6 Å². The fraction of sp³-hybridized carbons (Fsp3) is 0.100. The Morgan fingerprint density at radius 2 is 1.79 bits per heavy atom. The highest BCUT2D eigenvalue weighted by atomic mass is 79.9. The lowest BCUT2D eigenvalue weighted by Crippen LogP contribution is -2.14. The summed E-state index contributed by atoms with van der Waals surface area (Å²) in [6.07, 6.45) is 1.28. The van der Waals surface area contributed by atoms with Crippen molar-refractivity contribution in [3.63, 3.8) is 0 Å². The number of nitrogens with one attached hydrogen (secondary N) is 2. The minimum Gasteiger partial charge on any atom is -0.332 e. The van der Waals surface area contributed by atoms with E-state index in [0.29, 0.717) is 20.5 Å². The van der Waals surface area contributed by atoms with E-state index in [2.05, 4.69) is 62.5 Å². The van der Waals surface area contributed by atoms with Crippen LogP contribution in [0.15, 0.2) is 36.8 Å². The zero-order valence-corrected chi connectivity index (χ0v) is 15.1. The molecular formula is C10H8Br3N3O2S. The van der Waals surface area contributed by atoms with Crippen molar-refractivity contribution in [2.45, 2.75) is 11.9 Å². The van der Waals surface area contributed by atoms with Gasteiger partial charge in [-0.05, 0) is 50.9 Å². The van der Waals surface area contributed by atoms with E-state index in [9.17, 15) is 8.42 Å². The van der Waals surface area contributed by atoms with Gasteiger partial charge in [0.2, 0.25) is 0 Å². The molecule has 5 nitrogen and oxygen atoms in total. The molecule has 0 aliphatic heterocycles. The normalized spacial score (nSPS) is 11.6. The molecule has 0 aliphatic carbocycles. The summed E-state index contributed by atoms with van der Waals surface area (Å²) in [4.78, 5) is 6.56. The Balaban J connectivity index is 2.41. The molecule has 0 fully saturated rings. The van der Waals surface area contributed by atoms with Crippen LogP contribution in [0.1, 0.15) is 5.82 Å². The number of H-pyrrole nitrogens is 1. The molecule has 1 aromatic carbocycles. The molecule has 19 heavy (non-hydrogen) atoms. The van der Waals surface area contributed by atoms with Crippen molar-refractivity contribution in [1.29, 1.82) is 0 Å². The number of halogens is 3. The van der Waals surface area contributed by atoms with Crippen LogP contribution in [0.2, 0.25) is 0 Å². The largest absolute Gasteiger partial charge is 0.332 e. The summed E-state index contributed by atoms with van der Waals surface area (Å²) >= 11 is 9.95. The Hall–Kier alpha value is -0.380. The lowest BCUT2D eigenvalue weighted by Gasteiger charge is -2.11. The first-order valence-electron chi connectivity index (χ1n) is 4.98. The highest BCUT2D eigenvalue weighted by molar-refractivity contribution is 9.11. The molecule has 0 radical (unpaired) electrons. The number of aromatic amines is 1. The number of rotatable bonds is 3. The van der Waals surface area contributed by atoms with Crippen LogP contribution in [-0.2, 0) is 10.0 Å². The number of nitrogens with zero attached hydrogens (tertiary/aromatic N) is 1. The van der Waals surface area contributed by atoms with E-state index in [1.165, 1.54) is 6.20 Å². The SMILES string of the molecule is Cc1ncc(S(=O)(=O)Nc2c(Br)cc(Br)cc2Br)[nH]1. The minimum absolute atomic E-state index is 0.0201. The van der Waals surface area contributed by atoms with Crippen molar-refractivity contribution in [2.24, 2.45) is 0 Å². The van der Waals surface area contributed by atoms with Gasteiger partial charge in [0.25, 0.3) is 10.0 Å². The van der Waals surface area contributed by atoms with Gasteiger partial charge in [0, 0.05) is 13.4 Å². The number of hydrogen-bond donors (Lipinski definition) is 2. The summed E-state index contributed by atoms with van der Waals surface area (Å²) in [7, 11) is -3.69. The Morgan fingerprint density at radius 1 is 1.21 bits per heavy atom. The van der Waals surface area contributed by atoms with Crippen molar-refractivity contribution < 1.29 is 8.42 Å². The molecule has 0 aliphatic rings. The number of anilines is 1. The lowest BCUT2D eigenvalue weighted by atomic mass is 10.3. The summed E-state index contributed by atoms with van der Waals surface area (Å²) in [5.74, 6) is 0.536. The van der Waals surface area contributed by atoms with Gasteiger partial charge in [0.05, 0.1) is 11.9 Å². The predicted octanol–water partition coefficient (Wildman–Crippen LogP) is 3.81. The first kappa shape index (κ1) is 15.0. The van der Waals surface area contributed by atoms with Crippen LogP contribution in [0.25, 0.3) is 0 Å². The summed E-state index contributed by atoms with van der Waals surface area (Å²) < 4.78 is 28.9. The van der Waals surface area contributed by atoms with Crippen LogP contribution in [0.5, 0.6) is 0 Å². The molecule has 9 heteroatoms. The zero-order chi connectivity index (χ0) is 14.2. The third-order valence-electron chi connectivity index (χ3n) is 2.21. The maximum atomic E-state index is 12.2. The summed E-state index contributed by atoms with van der Waals surface area (Å²) in [6, 6.07) is 3.50. The van der Waals surface area contributed by atoms with Gasteiger partial charge in [-0.25, -0.2) is 4.98 Å². The van der Waals surface area contributed by atoms with Gasteiger partial charge in [0.15, 0.2) is 5.03 Å². The third kappa shape index (κ3) is 3.39. The van der Waals surface area contributed by atoms with E-state index >= 15 is 0 Å². The second-order valence-electron chi connectivity index (χ2n) is 3.68. The molecule has 0 unspecified atom stereocenters. The van der Waals surface area contributed by atoms with Crippen molar-refractivity contribution in [3.8, 4) is 0 Å². The molecule has 0 saturated carbocycles. The number of sulfonamides is 1. The highest BCUT2D eigenvalue weighted by Crippen LogP contribution is 2.35. The standard InChI is InChI=1S/C10H8Br3N3O2S/c1-5-14-4-9(15-5)19(17,18)16-10-7(12)2-6(11)3-8(10)13/h2-4,16H,1H3,(H,14,15). The van der Waals surface area contributed by atoms with Gasteiger partial charge in [-0.1, -0.05) is 15.9 Å². The Morgan fingerprint density at radius 3 is 2.26 bits per heavy atom. The van der Waals surface area contributed by atoms with Gasteiger partial charge in [-0.3, -0.25) is 4.72 Å². The van der Waals surface area contributed by atoms with Gasteiger partial charge < -0.3 is 4.98 Å². The highest BCUT2D eigenvalue weighted by Gasteiger charge is 2.19. The average Bonchev–Trinajstić information content (AvgIpc) is 2.71. The molecule has 0 amide bonds. The fourth-order valence-electron chi connectivity index (χ4n) is 1.36. The first-order chi connectivity index (χ1) is 8.79. The molecule has 2 aromatic rings. The topological polar surface area (TPSA) is 74.8 Å². The molecule has 102 valence electrons. The first-order valence-corrected chi connectivity index (χ1v) is 8.85. The van der Waals surface area contributed by atoms with Crippen LogP contribution in [-0.4, -0.2) is 18.4 Å². The van der Waals surface area contributed by atoms with Gasteiger partial charge in [-0.2, -0.15) is 8.42 Å². The second-order valence-corrected chi connectivity index (χ2v) is 7.96. The molecule has 0 spiro atoms. The number of imidazole rings is 1. The van der Waals surface area contributed by atoms with E-state index < -0.39 is 10.0 Å². The Kier molecular flexibility index (Phi) is 4.38. The molecule has 0 saturated heterocycles. The quantitative estimate of drug-likeness (QED) is 0.712. The van der Waals surface area contributed by atoms with Crippen LogP contribution < -0.4 is 4.72 Å². The van der Waals surface area contributed by atoms with Crippen molar-refractivity contribution in [1.82, 2.24) is 9.97 Å². The van der Waals surface area contributed by atoms with Gasteiger partial charge >= 0.3 is 0 Å². The van der Waals surface area contributed by atoms with Crippen LogP contribution in [0.4, 0.5) is 5.69 Å². The van der Waals surface area contributed by atoms with Crippen LogP contribution in [0.3, 0.4) is 0 Å². The Labute approximate surface area is 135 Å². The number of aryl methyl sites for hydroxylation is 1.